The average molecular weight is 472 g/mol. The predicted octanol–water partition coefficient (Wildman–Crippen LogP) is 3.93. The predicted molar refractivity (Wildman–Crippen MR) is 127 cm³/mol. The minimum absolute atomic E-state index is 0.111. The van der Waals surface area contributed by atoms with Crippen LogP contribution in [-0.2, 0) is 21.2 Å². The van der Waals surface area contributed by atoms with Crippen LogP contribution in [-0.4, -0.2) is 50.9 Å². The third-order valence-electron chi connectivity index (χ3n) is 5.97. The number of anilines is 1. The lowest BCUT2D eigenvalue weighted by Crippen LogP contribution is -2.32. The number of nitrogens with one attached hydrogen (secondary N) is 2. The Morgan fingerprint density at radius 1 is 1.03 bits per heavy atom. The van der Waals surface area contributed by atoms with Crippen LogP contribution in [0.4, 0.5) is 5.69 Å². The Labute approximate surface area is 193 Å². The minimum Gasteiger partial charge on any atom is -0.497 e. The van der Waals surface area contributed by atoms with Gasteiger partial charge in [0.25, 0.3) is 0 Å². The van der Waals surface area contributed by atoms with Crippen molar-refractivity contribution in [3.8, 4) is 11.5 Å². The molecule has 2 heterocycles. The number of benzene rings is 2. The zero-order valence-corrected chi connectivity index (χ0v) is 19.7. The molecule has 0 bridgehead atoms. The van der Waals surface area contributed by atoms with Crippen molar-refractivity contribution in [3.05, 3.63) is 48.2 Å². The van der Waals surface area contributed by atoms with E-state index in [0.29, 0.717) is 30.3 Å². The first kappa shape index (κ1) is 23.1. The second-order valence-electron chi connectivity index (χ2n) is 8.13. The third kappa shape index (κ3) is 4.99. The van der Waals surface area contributed by atoms with Gasteiger partial charge < -0.3 is 19.8 Å². The van der Waals surface area contributed by atoms with Crippen LogP contribution in [0.1, 0.15) is 31.2 Å². The molecule has 0 spiro atoms. The molecule has 0 unspecified atom stereocenters. The summed E-state index contributed by atoms with van der Waals surface area (Å²) >= 11 is 0. The van der Waals surface area contributed by atoms with Gasteiger partial charge in [0.15, 0.2) is 0 Å². The number of carbonyl (C=O) groups excluding carboxylic acids is 1. The van der Waals surface area contributed by atoms with Gasteiger partial charge in [-0.1, -0.05) is 12.8 Å². The molecule has 8 nitrogen and oxygen atoms in total. The van der Waals surface area contributed by atoms with E-state index in [1.54, 1.807) is 19.4 Å². The number of fused-ring (bicyclic) bond motifs is 1. The van der Waals surface area contributed by atoms with E-state index in [9.17, 15) is 13.2 Å². The lowest BCUT2D eigenvalue weighted by atomic mass is 10.1. The van der Waals surface area contributed by atoms with Gasteiger partial charge in [-0.15, -0.1) is 0 Å². The van der Waals surface area contributed by atoms with Gasteiger partial charge >= 0.3 is 0 Å². The molecule has 176 valence electrons. The number of aromatic amines is 1. The highest BCUT2D eigenvalue weighted by Crippen LogP contribution is 2.30. The summed E-state index contributed by atoms with van der Waals surface area (Å²) in [6, 6.07) is 10.2. The number of hydrogen-bond acceptors (Lipinski definition) is 5. The van der Waals surface area contributed by atoms with Gasteiger partial charge in [-0.05, 0) is 54.8 Å². The minimum atomic E-state index is -3.65. The molecule has 33 heavy (non-hydrogen) atoms. The number of aromatic nitrogens is 1. The lowest BCUT2D eigenvalue weighted by molar-refractivity contribution is -0.115. The number of rotatable bonds is 7. The molecule has 0 aliphatic carbocycles. The molecule has 1 aromatic heterocycles. The summed E-state index contributed by atoms with van der Waals surface area (Å²) in [4.78, 5) is 16.2. The SMILES string of the molecule is COc1ccc2[nH]cc(CC(=O)Nc3cc(S(=O)(=O)N4CCCCCC4)ccc3OC)c2c1. The van der Waals surface area contributed by atoms with Gasteiger partial charge in [0.05, 0.1) is 31.2 Å². The molecular formula is C24H29N3O5S. The number of carbonyl (C=O) groups is 1. The molecule has 1 aliphatic heterocycles. The zero-order valence-electron chi connectivity index (χ0n) is 18.9. The quantitative estimate of drug-likeness (QED) is 0.544. The smallest absolute Gasteiger partial charge is 0.243 e. The molecular weight excluding hydrogens is 442 g/mol. The molecule has 9 heteroatoms. The molecule has 2 N–H and O–H groups in total. The number of amides is 1. The largest absolute Gasteiger partial charge is 0.497 e. The van der Waals surface area contributed by atoms with Crippen molar-refractivity contribution in [2.75, 3.05) is 32.6 Å². The van der Waals surface area contributed by atoms with Crippen LogP contribution in [0.2, 0.25) is 0 Å². The van der Waals surface area contributed by atoms with E-state index in [1.165, 1.54) is 23.5 Å². The van der Waals surface area contributed by atoms with Crippen molar-refractivity contribution in [1.29, 1.82) is 0 Å². The number of methoxy groups -OCH3 is 2. The van der Waals surface area contributed by atoms with Gasteiger partial charge in [0.2, 0.25) is 15.9 Å². The summed E-state index contributed by atoms with van der Waals surface area (Å²) in [5.74, 6) is 0.831. The monoisotopic (exact) mass is 471 g/mol. The first-order chi connectivity index (χ1) is 15.9. The maximum atomic E-state index is 13.2. The van der Waals surface area contributed by atoms with Gasteiger partial charge in [0, 0.05) is 30.2 Å². The topological polar surface area (TPSA) is 101 Å². The van der Waals surface area contributed by atoms with Crippen LogP contribution in [0.15, 0.2) is 47.5 Å². The first-order valence-electron chi connectivity index (χ1n) is 11.0. The van der Waals surface area contributed by atoms with Crippen molar-refractivity contribution in [2.24, 2.45) is 0 Å². The molecule has 3 aromatic rings. The Bertz CT molecular complexity index is 1240. The Hall–Kier alpha value is -3.04. The van der Waals surface area contributed by atoms with Gasteiger partial charge in [0.1, 0.15) is 11.5 Å². The van der Waals surface area contributed by atoms with Gasteiger partial charge in [-0.2, -0.15) is 4.31 Å². The van der Waals surface area contributed by atoms with E-state index < -0.39 is 10.0 Å². The molecule has 1 aliphatic rings. The van der Waals surface area contributed by atoms with Crippen LogP contribution < -0.4 is 14.8 Å². The number of sulfonamides is 1. The van der Waals surface area contributed by atoms with Gasteiger partial charge in [-0.25, -0.2) is 8.42 Å². The van der Waals surface area contributed by atoms with Gasteiger partial charge in [-0.3, -0.25) is 4.79 Å². The summed E-state index contributed by atoms with van der Waals surface area (Å²) in [5.41, 5.74) is 2.05. The molecule has 0 atom stereocenters. The highest BCUT2D eigenvalue weighted by atomic mass is 32.2. The highest BCUT2D eigenvalue weighted by Gasteiger charge is 2.26. The molecule has 2 aromatic carbocycles. The van der Waals surface area contributed by atoms with E-state index in [1.807, 2.05) is 18.2 Å². The summed E-state index contributed by atoms with van der Waals surface area (Å²) in [6.07, 6.45) is 5.69. The first-order valence-corrected chi connectivity index (χ1v) is 12.5. The number of hydrogen-bond donors (Lipinski definition) is 2. The van der Waals surface area contributed by atoms with Crippen LogP contribution in [0.3, 0.4) is 0 Å². The standard InChI is InChI=1S/C24H29N3O5S/c1-31-18-7-9-21-20(14-18)17(16-25-21)13-24(28)26-22-15-19(8-10-23(22)32-2)33(29,30)27-11-5-3-4-6-12-27/h7-10,14-16,25H,3-6,11-13H2,1-2H3,(H,26,28). The van der Waals surface area contributed by atoms with Crippen molar-refractivity contribution >= 4 is 32.5 Å². The van der Waals surface area contributed by atoms with Crippen LogP contribution in [0.25, 0.3) is 10.9 Å². The summed E-state index contributed by atoms with van der Waals surface area (Å²) in [7, 11) is -0.565. The molecule has 1 amide bonds. The van der Waals surface area contributed by atoms with E-state index in [2.05, 4.69) is 10.3 Å². The maximum absolute atomic E-state index is 13.2. The normalized spacial score (nSPS) is 15.2. The Kier molecular flexibility index (Phi) is 6.90. The average Bonchev–Trinajstić information content (AvgIpc) is 3.01. The molecule has 0 radical (unpaired) electrons. The molecule has 0 saturated carbocycles. The number of nitrogens with zero attached hydrogens (tertiary/aromatic N) is 1. The summed E-state index contributed by atoms with van der Waals surface area (Å²) in [6.45, 7) is 1.03. The van der Waals surface area contributed by atoms with E-state index in [-0.39, 0.29) is 17.2 Å². The Morgan fingerprint density at radius 2 is 1.79 bits per heavy atom. The summed E-state index contributed by atoms with van der Waals surface area (Å²) in [5, 5.41) is 3.73. The van der Waals surface area contributed by atoms with E-state index in [4.69, 9.17) is 9.47 Å². The number of H-pyrrole nitrogens is 1. The Balaban J connectivity index is 1.56. The second-order valence-corrected chi connectivity index (χ2v) is 10.1. The molecule has 4 rings (SSSR count). The maximum Gasteiger partial charge on any atom is 0.243 e. The fourth-order valence-electron chi connectivity index (χ4n) is 4.17. The highest BCUT2D eigenvalue weighted by molar-refractivity contribution is 7.89. The van der Waals surface area contributed by atoms with Crippen molar-refractivity contribution in [2.45, 2.75) is 37.0 Å². The fourth-order valence-corrected chi connectivity index (χ4v) is 5.72. The lowest BCUT2D eigenvalue weighted by Gasteiger charge is -2.21. The van der Waals surface area contributed by atoms with E-state index >= 15 is 0 Å². The zero-order chi connectivity index (χ0) is 23.4. The number of ether oxygens (including phenoxy) is 2. The van der Waals surface area contributed by atoms with Crippen LogP contribution >= 0.6 is 0 Å². The van der Waals surface area contributed by atoms with Crippen LogP contribution in [0.5, 0.6) is 11.5 Å². The second kappa shape index (κ2) is 9.84. The third-order valence-corrected chi connectivity index (χ3v) is 7.87. The van der Waals surface area contributed by atoms with E-state index in [0.717, 1.165) is 42.1 Å². The van der Waals surface area contributed by atoms with Crippen molar-refractivity contribution in [1.82, 2.24) is 9.29 Å². The Morgan fingerprint density at radius 3 is 2.48 bits per heavy atom. The fraction of sp³-hybridized carbons (Fsp3) is 0.375. The molecule has 1 fully saturated rings. The van der Waals surface area contributed by atoms with Crippen LogP contribution in [0, 0.1) is 0 Å². The summed E-state index contributed by atoms with van der Waals surface area (Å²) < 4.78 is 38.6. The van der Waals surface area contributed by atoms with Crippen molar-refractivity contribution < 1.29 is 22.7 Å². The van der Waals surface area contributed by atoms with Crippen molar-refractivity contribution in [3.63, 3.8) is 0 Å². The molecule has 1 saturated heterocycles.